The van der Waals surface area contributed by atoms with Gasteiger partial charge in [-0.1, -0.05) is 57.3 Å². The fourth-order valence-corrected chi connectivity index (χ4v) is 4.65. The lowest BCUT2D eigenvalue weighted by atomic mass is 10.2. The minimum absolute atomic E-state index is 0.237. The van der Waals surface area contributed by atoms with Crippen molar-refractivity contribution < 1.29 is 9.21 Å². The maximum Gasteiger partial charge on any atom is 0.263 e. The first-order chi connectivity index (χ1) is 13.0. The Morgan fingerprint density at radius 1 is 1.07 bits per heavy atom. The van der Waals surface area contributed by atoms with Gasteiger partial charge in [-0.25, -0.2) is 0 Å². The topological polar surface area (TPSA) is 42.2 Å². The summed E-state index contributed by atoms with van der Waals surface area (Å²) in [5.74, 6) is 1.18. The second-order valence-corrected chi connectivity index (χ2v) is 8.62. The van der Waals surface area contributed by atoms with Crippen LogP contribution in [0.15, 0.2) is 63.5 Å². The second kappa shape index (κ2) is 7.68. The van der Waals surface area contributed by atoms with Gasteiger partial charge in [0.2, 0.25) is 0 Å². The van der Waals surface area contributed by atoms with E-state index >= 15 is 0 Å². The highest BCUT2D eigenvalue weighted by atomic mass is 79.9. The number of carbonyl (C=O) groups excluding carboxylic acids is 1. The maximum absolute atomic E-state index is 12.5. The predicted octanol–water partition coefficient (Wildman–Crippen LogP) is 7.16. The van der Waals surface area contributed by atoms with Crippen molar-refractivity contribution in [3.05, 3.63) is 79.8 Å². The maximum atomic E-state index is 12.5. The lowest BCUT2D eigenvalue weighted by Gasteiger charge is -2.02. The van der Waals surface area contributed by atoms with Crippen molar-refractivity contribution in [1.82, 2.24) is 5.32 Å². The summed E-state index contributed by atoms with van der Waals surface area (Å²) >= 11 is 17.1. The average molecular weight is 481 g/mol. The van der Waals surface area contributed by atoms with Gasteiger partial charge in [0.1, 0.15) is 16.4 Å². The number of benzene rings is 2. The zero-order valence-corrected chi connectivity index (χ0v) is 17.7. The van der Waals surface area contributed by atoms with Crippen molar-refractivity contribution in [2.45, 2.75) is 6.54 Å². The number of rotatable bonds is 4. The standard InChI is InChI=1S/C20H12BrCl2NO2S/c21-12-3-1-11(2-4-12)16-8-6-14(26-16)10-24-20(25)19-18(23)15-7-5-13(22)9-17(15)27-19/h1-9H,10H2,(H,24,25). The first-order valence-electron chi connectivity index (χ1n) is 8.01. The SMILES string of the molecule is O=C(NCc1ccc(-c2ccc(Br)cc2)o1)c1sc2cc(Cl)ccc2c1Cl. The summed E-state index contributed by atoms with van der Waals surface area (Å²) in [6, 6.07) is 17.0. The number of halogens is 3. The number of hydrogen-bond acceptors (Lipinski definition) is 3. The number of carbonyl (C=O) groups is 1. The Morgan fingerprint density at radius 3 is 2.63 bits per heavy atom. The third kappa shape index (κ3) is 3.92. The molecule has 1 amide bonds. The van der Waals surface area contributed by atoms with Gasteiger partial charge < -0.3 is 9.73 Å². The summed E-state index contributed by atoms with van der Waals surface area (Å²) in [5, 5.41) is 4.74. The van der Waals surface area contributed by atoms with Crippen LogP contribution in [0.5, 0.6) is 0 Å². The minimum Gasteiger partial charge on any atom is -0.459 e. The number of hydrogen-bond donors (Lipinski definition) is 1. The summed E-state index contributed by atoms with van der Waals surface area (Å²) in [6.07, 6.45) is 0. The van der Waals surface area contributed by atoms with E-state index in [-0.39, 0.29) is 12.5 Å². The Morgan fingerprint density at radius 2 is 1.85 bits per heavy atom. The molecule has 1 N–H and O–H groups in total. The third-order valence-corrected chi connectivity index (χ3v) is 6.43. The Bertz CT molecular complexity index is 1130. The first-order valence-corrected chi connectivity index (χ1v) is 10.4. The molecule has 2 heterocycles. The van der Waals surface area contributed by atoms with E-state index in [9.17, 15) is 4.79 Å². The van der Waals surface area contributed by atoms with Crippen LogP contribution in [0.25, 0.3) is 21.4 Å². The van der Waals surface area contributed by atoms with Crippen LogP contribution in [0.1, 0.15) is 15.4 Å². The van der Waals surface area contributed by atoms with Crippen LogP contribution >= 0.6 is 50.5 Å². The average Bonchev–Trinajstić information content (AvgIpc) is 3.25. The van der Waals surface area contributed by atoms with Gasteiger partial charge in [-0.05, 0) is 36.4 Å². The molecule has 136 valence electrons. The molecule has 4 rings (SSSR count). The molecule has 0 bridgehead atoms. The third-order valence-electron chi connectivity index (χ3n) is 4.01. The van der Waals surface area contributed by atoms with Crippen molar-refractivity contribution in [1.29, 1.82) is 0 Å². The van der Waals surface area contributed by atoms with Gasteiger partial charge in [0.05, 0.1) is 11.6 Å². The molecule has 0 unspecified atom stereocenters. The highest BCUT2D eigenvalue weighted by molar-refractivity contribution is 9.10. The zero-order valence-electron chi connectivity index (χ0n) is 13.8. The molecule has 2 aromatic carbocycles. The molecule has 0 aliphatic rings. The summed E-state index contributed by atoms with van der Waals surface area (Å²) < 4.78 is 7.71. The second-order valence-electron chi connectivity index (χ2n) is 5.84. The van der Waals surface area contributed by atoms with Crippen LogP contribution in [0.3, 0.4) is 0 Å². The van der Waals surface area contributed by atoms with Gasteiger partial charge in [-0.2, -0.15) is 0 Å². The van der Waals surface area contributed by atoms with Gasteiger partial charge in [0.25, 0.3) is 5.91 Å². The van der Waals surface area contributed by atoms with Crippen molar-refractivity contribution in [3.8, 4) is 11.3 Å². The number of furan rings is 1. The van der Waals surface area contributed by atoms with E-state index in [4.69, 9.17) is 27.6 Å². The van der Waals surface area contributed by atoms with Crippen LogP contribution in [0.2, 0.25) is 10.0 Å². The summed E-state index contributed by atoms with van der Waals surface area (Å²) in [7, 11) is 0. The number of fused-ring (bicyclic) bond motifs is 1. The molecule has 3 nitrogen and oxygen atoms in total. The highest BCUT2D eigenvalue weighted by Gasteiger charge is 2.17. The van der Waals surface area contributed by atoms with Crippen LogP contribution in [0, 0.1) is 0 Å². The molecular weight excluding hydrogens is 469 g/mol. The molecule has 2 aromatic heterocycles. The van der Waals surface area contributed by atoms with Crippen molar-refractivity contribution >= 4 is 66.5 Å². The van der Waals surface area contributed by atoms with E-state index in [1.54, 1.807) is 12.1 Å². The van der Waals surface area contributed by atoms with Crippen molar-refractivity contribution in [2.24, 2.45) is 0 Å². The van der Waals surface area contributed by atoms with E-state index in [1.165, 1.54) is 11.3 Å². The van der Waals surface area contributed by atoms with E-state index in [2.05, 4.69) is 21.2 Å². The van der Waals surface area contributed by atoms with E-state index < -0.39 is 0 Å². The Balaban J connectivity index is 1.48. The van der Waals surface area contributed by atoms with Crippen LogP contribution in [-0.4, -0.2) is 5.91 Å². The molecule has 0 radical (unpaired) electrons. The van der Waals surface area contributed by atoms with Crippen molar-refractivity contribution in [2.75, 3.05) is 0 Å². The molecule has 0 saturated heterocycles. The molecule has 27 heavy (non-hydrogen) atoms. The first kappa shape index (κ1) is 18.6. The zero-order chi connectivity index (χ0) is 19.0. The number of thiophene rings is 1. The van der Waals surface area contributed by atoms with Gasteiger partial charge in [0.15, 0.2) is 0 Å². The van der Waals surface area contributed by atoms with E-state index in [1.807, 2.05) is 42.5 Å². The molecule has 4 aromatic rings. The monoisotopic (exact) mass is 479 g/mol. The molecule has 0 aliphatic carbocycles. The van der Waals surface area contributed by atoms with Crippen LogP contribution in [-0.2, 0) is 6.54 Å². The predicted molar refractivity (Wildman–Crippen MR) is 115 cm³/mol. The lowest BCUT2D eigenvalue weighted by Crippen LogP contribution is -2.21. The van der Waals surface area contributed by atoms with Crippen LogP contribution in [0.4, 0.5) is 0 Å². The normalized spacial score (nSPS) is 11.1. The smallest absolute Gasteiger partial charge is 0.263 e. The van der Waals surface area contributed by atoms with Gasteiger partial charge in [0, 0.05) is 25.1 Å². The van der Waals surface area contributed by atoms with Gasteiger partial charge in [-0.3, -0.25) is 4.79 Å². The Labute approximate surface area is 178 Å². The molecule has 0 aliphatic heterocycles. The molecule has 0 fully saturated rings. The summed E-state index contributed by atoms with van der Waals surface area (Å²) in [5.41, 5.74) is 0.972. The minimum atomic E-state index is -0.237. The van der Waals surface area contributed by atoms with E-state index in [0.29, 0.717) is 20.7 Å². The Kier molecular flexibility index (Phi) is 5.28. The summed E-state index contributed by atoms with van der Waals surface area (Å²) in [4.78, 5) is 13.0. The fourth-order valence-electron chi connectivity index (χ4n) is 2.67. The summed E-state index contributed by atoms with van der Waals surface area (Å²) in [6.45, 7) is 0.278. The van der Waals surface area contributed by atoms with Gasteiger partial charge in [-0.15, -0.1) is 11.3 Å². The lowest BCUT2D eigenvalue weighted by molar-refractivity contribution is 0.0952. The molecule has 0 saturated carbocycles. The number of amides is 1. The fraction of sp³-hybridized carbons (Fsp3) is 0.0500. The Hall–Kier alpha value is -1.79. The molecule has 7 heteroatoms. The molecular formula is C20H12BrCl2NO2S. The molecule has 0 spiro atoms. The number of nitrogens with one attached hydrogen (secondary N) is 1. The molecule has 0 atom stereocenters. The quantitative estimate of drug-likeness (QED) is 0.336. The highest BCUT2D eigenvalue weighted by Crippen LogP contribution is 2.36. The van der Waals surface area contributed by atoms with Crippen LogP contribution < -0.4 is 5.32 Å². The van der Waals surface area contributed by atoms with Crippen molar-refractivity contribution in [3.63, 3.8) is 0 Å². The largest absolute Gasteiger partial charge is 0.459 e. The van der Waals surface area contributed by atoms with Gasteiger partial charge >= 0.3 is 0 Å². The van der Waals surface area contributed by atoms with E-state index in [0.717, 1.165) is 25.9 Å².